The highest BCUT2D eigenvalue weighted by Gasteiger charge is 2.21. The molecule has 0 spiro atoms. The van der Waals surface area contributed by atoms with Crippen LogP contribution >= 0.6 is 0 Å². The van der Waals surface area contributed by atoms with Crippen molar-refractivity contribution in [3.8, 4) is 11.3 Å². The van der Waals surface area contributed by atoms with Crippen LogP contribution < -0.4 is 10.6 Å². The quantitative estimate of drug-likeness (QED) is 0.580. The molecule has 1 aromatic carbocycles. The maximum atomic E-state index is 5.63. The topological polar surface area (TPSA) is 103 Å². The summed E-state index contributed by atoms with van der Waals surface area (Å²) in [6.45, 7) is 4.30. The molecule has 5 rings (SSSR count). The molecule has 8 nitrogen and oxygen atoms in total. The van der Waals surface area contributed by atoms with Gasteiger partial charge >= 0.3 is 0 Å². The molecule has 0 amide bonds. The average Bonchev–Trinajstić information content (AvgIpc) is 3.06. The Labute approximate surface area is 155 Å². The van der Waals surface area contributed by atoms with Crippen LogP contribution in [0.25, 0.3) is 33.5 Å². The van der Waals surface area contributed by atoms with Gasteiger partial charge in [-0.2, -0.15) is 4.98 Å². The Bertz CT molecular complexity index is 1140. The first-order valence-corrected chi connectivity index (χ1v) is 8.82. The Morgan fingerprint density at radius 2 is 2.04 bits per heavy atom. The summed E-state index contributed by atoms with van der Waals surface area (Å²) in [4.78, 5) is 20.4. The zero-order chi connectivity index (χ0) is 18.4. The van der Waals surface area contributed by atoms with Crippen molar-refractivity contribution in [3.63, 3.8) is 0 Å². The number of ether oxygens (including phenoxy) is 1. The van der Waals surface area contributed by atoms with Crippen molar-refractivity contribution in [1.82, 2.24) is 19.9 Å². The standard InChI is InChI=1S/C19H18N6O2/c1-11-10-26-7-6-25(11)17-9-21-14-4-3-13(22-18(14)24-17)12-2-5-16-15(8-12)23-19(20)27-16/h2-5,8-9,11H,6-7,10H2,1H3,(H2,20,23). The van der Waals surface area contributed by atoms with E-state index in [0.717, 1.165) is 29.1 Å². The Hall–Kier alpha value is -3.26. The fourth-order valence-corrected chi connectivity index (χ4v) is 3.36. The molecule has 1 aliphatic rings. The number of nitrogen functional groups attached to an aromatic ring is 1. The number of nitrogens with two attached hydrogens (primary N) is 1. The number of fused-ring (bicyclic) bond motifs is 2. The molecule has 3 aromatic heterocycles. The van der Waals surface area contributed by atoms with Crippen molar-refractivity contribution in [1.29, 1.82) is 0 Å². The zero-order valence-corrected chi connectivity index (χ0v) is 14.8. The molecule has 1 saturated heterocycles. The molecule has 1 atom stereocenters. The molecule has 0 bridgehead atoms. The number of morpholine rings is 1. The molecule has 2 N–H and O–H groups in total. The Balaban J connectivity index is 1.56. The molecule has 1 aliphatic heterocycles. The van der Waals surface area contributed by atoms with Gasteiger partial charge < -0.3 is 19.8 Å². The Morgan fingerprint density at radius 3 is 2.93 bits per heavy atom. The number of benzene rings is 1. The molecule has 0 radical (unpaired) electrons. The van der Waals surface area contributed by atoms with E-state index in [2.05, 4.69) is 21.8 Å². The molecule has 4 heterocycles. The van der Waals surface area contributed by atoms with E-state index in [1.165, 1.54) is 0 Å². The Morgan fingerprint density at radius 1 is 1.11 bits per heavy atom. The monoisotopic (exact) mass is 362 g/mol. The predicted octanol–water partition coefficient (Wildman–Crippen LogP) is 2.64. The second-order valence-corrected chi connectivity index (χ2v) is 6.62. The largest absolute Gasteiger partial charge is 0.424 e. The summed E-state index contributed by atoms with van der Waals surface area (Å²) in [5, 5.41) is 0. The van der Waals surface area contributed by atoms with Gasteiger partial charge in [-0.15, -0.1) is 0 Å². The molecule has 0 aliphatic carbocycles. The number of hydrogen-bond donors (Lipinski definition) is 1. The van der Waals surface area contributed by atoms with Crippen molar-refractivity contribution in [2.24, 2.45) is 0 Å². The smallest absolute Gasteiger partial charge is 0.292 e. The van der Waals surface area contributed by atoms with Crippen molar-refractivity contribution in [2.45, 2.75) is 13.0 Å². The van der Waals surface area contributed by atoms with E-state index in [-0.39, 0.29) is 12.1 Å². The van der Waals surface area contributed by atoms with Crippen LogP contribution in [0, 0.1) is 0 Å². The lowest BCUT2D eigenvalue weighted by Crippen LogP contribution is -2.44. The van der Waals surface area contributed by atoms with E-state index in [0.29, 0.717) is 30.0 Å². The first-order chi connectivity index (χ1) is 13.2. The van der Waals surface area contributed by atoms with E-state index in [1.807, 2.05) is 30.3 Å². The van der Waals surface area contributed by atoms with E-state index in [1.54, 1.807) is 6.20 Å². The summed E-state index contributed by atoms with van der Waals surface area (Å²) in [5.74, 6) is 0.822. The highest BCUT2D eigenvalue weighted by atomic mass is 16.5. The third-order valence-corrected chi connectivity index (χ3v) is 4.76. The molecule has 4 aromatic rings. The molecule has 136 valence electrons. The molecule has 27 heavy (non-hydrogen) atoms. The number of rotatable bonds is 2. The number of anilines is 2. The molecule has 0 saturated carbocycles. The van der Waals surface area contributed by atoms with Gasteiger partial charge in [0.2, 0.25) is 0 Å². The van der Waals surface area contributed by atoms with E-state index < -0.39 is 0 Å². The van der Waals surface area contributed by atoms with Crippen LogP contribution in [0.2, 0.25) is 0 Å². The maximum absolute atomic E-state index is 5.63. The number of hydrogen-bond acceptors (Lipinski definition) is 8. The van der Waals surface area contributed by atoms with Crippen molar-refractivity contribution >= 4 is 34.1 Å². The lowest BCUT2D eigenvalue weighted by Gasteiger charge is -2.33. The van der Waals surface area contributed by atoms with Crippen LogP contribution in [0.5, 0.6) is 0 Å². The molecule has 1 fully saturated rings. The lowest BCUT2D eigenvalue weighted by atomic mass is 10.1. The summed E-state index contributed by atoms with van der Waals surface area (Å²) < 4.78 is 10.8. The first-order valence-electron chi connectivity index (χ1n) is 8.82. The van der Waals surface area contributed by atoms with Crippen molar-refractivity contribution in [3.05, 3.63) is 36.5 Å². The third kappa shape index (κ3) is 2.83. The predicted molar refractivity (Wildman–Crippen MR) is 102 cm³/mol. The Kier molecular flexibility index (Phi) is 3.64. The SMILES string of the molecule is CC1COCCN1c1cnc2ccc(-c3ccc4oc(N)nc4c3)nc2n1. The number of nitrogens with zero attached hydrogens (tertiary/aromatic N) is 5. The molecule has 8 heteroatoms. The average molecular weight is 362 g/mol. The van der Waals surface area contributed by atoms with Crippen LogP contribution in [-0.2, 0) is 4.74 Å². The molecular formula is C19H18N6O2. The van der Waals surface area contributed by atoms with Gasteiger partial charge in [-0.3, -0.25) is 0 Å². The van der Waals surface area contributed by atoms with E-state index in [4.69, 9.17) is 24.9 Å². The second kappa shape index (κ2) is 6.17. The van der Waals surface area contributed by atoms with Gasteiger partial charge in [-0.25, -0.2) is 15.0 Å². The number of pyridine rings is 1. The van der Waals surface area contributed by atoms with Crippen LogP contribution in [-0.4, -0.2) is 45.7 Å². The van der Waals surface area contributed by atoms with Gasteiger partial charge in [-0.1, -0.05) is 0 Å². The maximum Gasteiger partial charge on any atom is 0.292 e. The van der Waals surface area contributed by atoms with Crippen LogP contribution in [0.4, 0.5) is 11.8 Å². The van der Waals surface area contributed by atoms with Crippen molar-refractivity contribution in [2.75, 3.05) is 30.4 Å². The van der Waals surface area contributed by atoms with Crippen LogP contribution in [0.1, 0.15) is 6.92 Å². The highest BCUT2D eigenvalue weighted by Crippen LogP contribution is 2.26. The van der Waals surface area contributed by atoms with E-state index in [9.17, 15) is 0 Å². The molecule has 1 unspecified atom stereocenters. The third-order valence-electron chi connectivity index (χ3n) is 4.76. The fourth-order valence-electron chi connectivity index (χ4n) is 3.36. The van der Waals surface area contributed by atoms with Gasteiger partial charge in [0.1, 0.15) is 16.9 Å². The first kappa shape index (κ1) is 16.0. The minimum absolute atomic E-state index is 0.156. The summed E-state index contributed by atoms with van der Waals surface area (Å²) in [5.41, 5.74) is 10.1. The molecular weight excluding hydrogens is 344 g/mol. The van der Waals surface area contributed by atoms with Gasteiger partial charge in [0.25, 0.3) is 6.01 Å². The van der Waals surface area contributed by atoms with Gasteiger partial charge in [0, 0.05) is 12.1 Å². The second-order valence-electron chi connectivity index (χ2n) is 6.62. The summed E-state index contributed by atoms with van der Waals surface area (Å²) in [7, 11) is 0. The van der Waals surface area contributed by atoms with E-state index >= 15 is 0 Å². The van der Waals surface area contributed by atoms with Gasteiger partial charge in [0.15, 0.2) is 11.2 Å². The van der Waals surface area contributed by atoms with Crippen LogP contribution in [0.15, 0.2) is 40.9 Å². The number of oxazole rings is 1. The van der Waals surface area contributed by atoms with Gasteiger partial charge in [-0.05, 0) is 37.3 Å². The van der Waals surface area contributed by atoms with Gasteiger partial charge in [0.05, 0.1) is 31.1 Å². The lowest BCUT2D eigenvalue weighted by molar-refractivity contribution is 0.0985. The normalized spacial score (nSPS) is 17.7. The summed E-state index contributed by atoms with van der Waals surface area (Å²) in [6, 6.07) is 9.96. The minimum Gasteiger partial charge on any atom is -0.424 e. The summed E-state index contributed by atoms with van der Waals surface area (Å²) in [6.07, 6.45) is 1.80. The summed E-state index contributed by atoms with van der Waals surface area (Å²) >= 11 is 0. The van der Waals surface area contributed by atoms with Crippen LogP contribution in [0.3, 0.4) is 0 Å². The number of aromatic nitrogens is 4. The van der Waals surface area contributed by atoms with Crippen molar-refractivity contribution < 1.29 is 9.15 Å². The zero-order valence-electron chi connectivity index (χ0n) is 14.8. The minimum atomic E-state index is 0.156. The fraction of sp³-hybridized carbons (Fsp3) is 0.263. The highest BCUT2D eigenvalue weighted by molar-refractivity contribution is 5.82.